The van der Waals surface area contributed by atoms with Crippen LogP contribution < -0.4 is 10.1 Å². The third-order valence-corrected chi connectivity index (χ3v) is 4.65. The second kappa shape index (κ2) is 7.53. The Balaban J connectivity index is 1.77. The lowest BCUT2D eigenvalue weighted by Crippen LogP contribution is -2.21. The highest BCUT2D eigenvalue weighted by Crippen LogP contribution is 2.42. The molecule has 1 amide bonds. The Morgan fingerprint density at radius 3 is 2.62 bits per heavy atom. The molecule has 4 rings (SSSR count). The highest BCUT2D eigenvalue weighted by molar-refractivity contribution is 6.05. The molecule has 1 aliphatic heterocycles. The zero-order valence-electron chi connectivity index (χ0n) is 16.3. The van der Waals surface area contributed by atoms with Crippen molar-refractivity contribution in [3.05, 3.63) is 41.5 Å². The molecule has 0 saturated carbocycles. The van der Waals surface area contributed by atoms with Crippen LogP contribution in [0.25, 0.3) is 11.3 Å². The van der Waals surface area contributed by atoms with Gasteiger partial charge in [-0.3, -0.25) is 14.5 Å². The number of aromatic nitrogens is 5. The van der Waals surface area contributed by atoms with E-state index in [0.717, 1.165) is 19.3 Å². The lowest BCUT2D eigenvalue weighted by molar-refractivity contribution is -0.141. The van der Waals surface area contributed by atoms with Crippen LogP contribution in [0.15, 0.2) is 24.5 Å². The van der Waals surface area contributed by atoms with Gasteiger partial charge in [-0.05, 0) is 12.1 Å². The van der Waals surface area contributed by atoms with E-state index in [2.05, 4.69) is 20.5 Å². The van der Waals surface area contributed by atoms with Crippen LogP contribution in [0.3, 0.4) is 0 Å². The summed E-state index contributed by atoms with van der Waals surface area (Å²) in [4.78, 5) is 15.9. The molecule has 3 aromatic heterocycles. The molecule has 0 aromatic carbocycles. The number of amides is 1. The van der Waals surface area contributed by atoms with E-state index in [1.54, 1.807) is 0 Å². The first kappa shape index (κ1) is 21.6. The van der Waals surface area contributed by atoms with Crippen LogP contribution >= 0.6 is 0 Å². The first-order chi connectivity index (χ1) is 15.0. The van der Waals surface area contributed by atoms with Gasteiger partial charge in [0.15, 0.2) is 0 Å². The number of alkyl halides is 6. The molecule has 0 spiro atoms. The van der Waals surface area contributed by atoms with Gasteiger partial charge in [0, 0.05) is 31.9 Å². The number of anilines is 1. The monoisotopic (exact) mass is 460 g/mol. The maximum absolute atomic E-state index is 14.0. The van der Waals surface area contributed by atoms with E-state index in [4.69, 9.17) is 4.74 Å². The average Bonchev–Trinajstić information content (AvgIpc) is 3.28. The van der Waals surface area contributed by atoms with E-state index in [9.17, 15) is 31.1 Å². The molecular weight excluding hydrogens is 446 g/mol. The van der Waals surface area contributed by atoms with E-state index in [1.165, 1.54) is 10.9 Å². The van der Waals surface area contributed by atoms with Crippen molar-refractivity contribution in [2.24, 2.45) is 7.05 Å². The van der Waals surface area contributed by atoms with E-state index in [1.807, 2.05) is 0 Å². The van der Waals surface area contributed by atoms with Gasteiger partial charge in [-0.25, -0.2) is 4.68 Å². The molecule has 0 aliphatic carbocycles. The van der Waals surface area contributed by atoms with Crippen LogP contribution in [0.4, 0.5) is 32.0 Å². The van der Waals surface area contributed by atoms with Crippen molar-refractivity contribution >= 4 is 11.6 Å². The van der Waals surface area contributed by atoms with Crippen LogP contribution in [0.1, 0.15) is 28.2 Å². The van der Waals surface area contributed by atoms with Crippen molar-refractivity contribution in [1.82, 2.24) is 24.5 Å². The van der Waals surface area contributed by atoms with Crippen LogP contribution in [0, 0.1) is 0 Å². The van der Waals surface area contributed by atoms with Crippen molar-refractivity contribution in [3.63, 3.8) is 0 Å². The number of carbonyl (C=O) groups is 1. The van der Waals surface area contributed by atoms with E-state index >= 15 is 0 Å². The number of pyridine rings is 1. The number of hydrogen-bond donors (Lipinski definition) is 1. The van der Waals surface area contributed by atoms with Crippen LogP contribution in [0.2, 0.25) is 0 Å². The van der Waals surface area contributed by atoms with E-state index < -0.39 is 40.9 Å². The predicted octanol–water partition coefficient (Wildman–Crippen LogP) is 3.75. The maximum atomic E-state index is 14.0. The summed E-state index contributed by atoms with van der Waals surface area (Å²) in [6, 6.07) is 1.55. The summed E-state index contributed by atoms with van der Waals surface area (Å²) in [6.45, 7) is 0.726. The standard InChI is InChI=1S/C18H14F6N6O2/c1-29-14(15(31)27-9-3-4-25-11(7-9)17(19,20)21)12(18(22,23)24)13(28-29)10-8-26-30-5-2-6-32-16(10)30/h3-4,7-8H,2,5-6H2,1H3,(H,25,27,31). The Bertz CT molecular complexity index is 1180. The van der Waals surface area contributed by atoms with Gasteiger partial charge >= 0.3 is 12.4 Å². The third-order valence-electron chi connectivity index (χ3n) is 4.65. The molecule has 170 valence electrons. The van der Waals surface area contributed by atoms with Crippen LogP contribution in [-0.4, -0.2) is 37.1 Å². The molecule has 0 unspecified atom stereocenters. The number of nitrogens with one attached hydrogen (secondary N) is 1. The van der Waals surface area contributed by atoms with Crippen molar-refractivity contribution in [1.29, 1.82) is 0 Å². The highest BCUT2D eigenvalue weighted by Gasteiger charge is 2.43. The quantitative estimate of drug-likeness (QED) is 0.602. The summed E-state index contributed by atoms with van der Waals surface area (Å²) >= 11 is 0. The molecule has 14 heteroatoms. The molecule has 0 radical (unpaired) electrons. The smallest absolute Gasteiger partial charge is 0.433 e. The van der Waals surface area contributed by atoms with E-state index in [-0.39, 0.29) is 23.7 Å². The van der Waals surface area contributed by atoms with Crippen molar-refractivity contribution in [3.8, 4) is 17.1 Å². The average molecular weight is 460 g/mol. The van der Waals surface area contributed by atoms with Gasteiger partial charge in [-0.2, -0.15) is 36.5 Å². The predicted molar refractivity (Wildman–Crippen MR) is 96.7 cm³/mol. The molecule has 1 N–H and O–H groups in total. The molecule has 3 aromatic rings. The molecular formula is C18H14F6N6O2. The topological polar surface area (TPSA) is 86.9 Å². The fourth-order valence-electron chi connectivity index (χ4n) is 3.33. The largest absolute Gasteiger partial charge is 0.477 e. The normalized spacial score (nSPS) is 14.1. The van der Waals surface area contributed by atoms with Crippen molar-refractivity contribution in [2.75, 3.05) is 11.9 Å². The lowest BCUT2D eigenvalue weighted by Gasteiger charge is -2.16. The van der Waals surface area contributed by atoms with Gasteiger partial charge < -0.3 is 10.1 Å². The van der Waals surface area contributed by atoms with Gasteiger partial charge in [0.2, 0.25) is 5.88 Å². The number of aryl methyl sites for hydroxylation is 2. The summed E-state index contributed by atoms with van der Waals surface area (Å²) in [7, 11) is 1.12. The second-order valence-corrected chi connectivity index (χ2v) is 6.86. The third kappa shape index (κ3) is 3.87. The Labute approximate surface area is 175 Å². The number of nitrogens with zero attached hydrogens (tertiary/aromatic N) is 5. The molecule has 4 heterocycles. The first-order valence-corrected chi connectivity index (χ1v) is 9.14. The number of carbonyl (C=O) groups excluding carboxylic acids is 1. The SMILES string of the molecule is Cn1nc(-c2cnn3c2OCCC3)c(C(F)(F)F)c1C(=O)Nc1ccnc(C(F)(F)F)c1. The van der Waals surface area contributed by atoms with Gasteiger partial charge in [0.1, 0.15) is 22.6 Å². The zero-order valence-corrected chi connectivity index (χ0v) is 16.3. The number of ether oxygens (including phenoxy) is 1. The minimum atomic E-state index is -5.00. The van der Waals surface area contributed by atoms with Crippen LogP contribution in [0.5, 0.6) is 5.88 Å². The number of hydrogen-bond acceptors (Lipinski definition) is 5. The van der Waals surface area contributed by atoms with Gasteiger partial charge in [-0.1, -0.05) is 0 Å². The van der Waals surface area contributed by atoms with Gasteiger partial charge in [0.05, 0.1) is 18.4 Å². The van der Waals surface area contributed by atoms with Crippen LogP contribution in [-0.2, 0) is 25.9 Å². The molecule has 0 atom stereocenters. The summed E-state index contributed by atoms with van der Waals surface area (Å²) < 4.78 is 88.1. The Hall–Kier alpha value is -3.58. The molecule has 8 nitrogen and oxygen atoms in total. The minimum Gasteiger partial charge on any atom is -0.477 e. The number of fused-ring (bicyclic) bond motifs is 1. The summed E-state index contributed by atoms with van der Waals surface area (Å²) in [5, 5.41) is 9.91. The fraction of sp³-hybridized carbons (Fsp3) is 0.333. The van der Waals surface area contributed by atoms with E-state index in [0.29, 0.717) is 23.7 Å². The second-order valence-electron chi connectivity index (χ2n) is 6.86. The van der Waals surface area contributed by atoms with Crippen molar-refractivity contribution < 1.29 is 35.9 Å². The molecule has 0 fully saturated rings. The van der Waals surface area contributed by atoms with Gasteiger partial charge in [0.25, 0.3) is 5.91 Å². The first-order valence-electron chi connectivity index (χ1n) is 9.14. The number of halogens is 6. The summed E-state index contributed by atoms with van der Waals surface area (Å²) in [5.41, 5.74) is -4.53. The molecule has 0 bridgehead atoms. The fourth-order valence-corrected chi connectivity index (χ4v) is 3.33. The summed E-state index contributed by atoms with van der Waals surface area (Å²) in [5.74, 6) is -1.20. The molecule has 0 saturated heterocycles. The molecule has 1 aliphatic rings. The highest BCUT2D eigenvalue weighted by atomic mass is 19.4. The lowest BCUT2D eigenvalue weighted by atomic mass is 10.1. The van der Waals surface area contributed by atoms with Crippen molar-refractivity contribution in [2.45, 2.75) is 25.3 Å². The minimum absolute atomic E-state index is 0.0463. The summed E-state index contributed by atoms with van der Waals surface area (Å²) in [6.07, 6.45) is -7.22. The molecule has 32 heavy (non-hydrogen) atoms. The zero-order chi connectivity index (χ0) is 23.3. The number of rotatable bonds is 3. The Morgan fingerprint density at radius 2 is 1.94 bits per heavy atom. The maximum Gasteiger partial charge on any atom is 0.433 e. The Kier molecular flexibility index (Phi) is 5.09. The van der Waals surface area contributed by atoms with Gasteiger partial charge in [-0.15, -0.1) is 0 Å². The Morgan fingerprint density at radius 1 is 1.19 bits per heavy atom.